The monoisotopic (exact) mass is 357 g/mol. The van der Waals surface area contributed by atoms with Crippen molar-refractivity contribution in [1.29, 1.82) is 0 Å². The van der Waals surface area contributed by atoms with Crippen LogP contribution in [-0.4, -0.2) is 36.9 Å². The third kappa shape index (κ3) is 7.14. The summed E-state index contributed by atoms with van der Waals surface area (Å²) in [5.41, 5.74) is 0.984. The Morgan fingerprint density at radius 3 is 2.25 bits per heavy atom. The van der Waals surface area contributed by atoms with Crippen molar-refractivity contribution in [2.75, 3.05) is 25.9 Å². The maximum Gasteiger partial charge on any atom is 0.330 e. The van der Waals surface area contributed by atoms with Crippen LogP contribution in [0.5, 0.6) is 0 Å². The van der Waals surface area contributed by atoms with Crippen molar-refractivity contribution >= 4 is 13.5 Å². The maximum atomic E-state index is 12.4. The lowest BCUT2D eigenvalue weighted by atomic mass is 10.1. The van der Waals surface area contributed by atoms with Crippen LogP contribution < -0.4 is 0 Å². The summed E-state index contributed by atoms with van der Waals surface area (Å²) in [5.74, 6) is -0.194. The summed E-state index contributed by atoms with van der Waals surface area (Å²) >= 11 is 0. The van der Waals surface area contributed by atoms with Crippen LogP contribution >= 0.6 is 7.60 Å². The molecule has 0 N–H and O–H groups in total. The van der Waals surface area contributed by atoms with E-state index in [9.17, 15) is 9.36 Å². The first-order chi connectivity index (χ1) is 11.4. The lowest BCUT2D eigenvalue weighted by Crippen LogP contribution is -2.31. The smallest absolute Gasteiger partial charge is 0.309 e. The van der Waals surface area contributed by atoms with Gasteiger partial charge in [-0.3, -0.25) is 14.2 Å². The summed E-state index contributed by atoms with van der Waals surface area (Å²) in [6.07, 6.45) is 0.473. The quantitative estimate of drug-likeness (QED) is 0.439. The third-order valence-corrected chi connectivity index (χ3v) is 5.52. The number of amides is 1. The van der Waals surface area contributed by atoms with Gasteiger partial charge in [-0.1, -0.05) is 30.3 Å². The standard InChI is InChI=1S/C17H28NO5P/c1-5-21-24(20,22-6-2)14-10-13-18(16(4)19)23-15(3)17-11-8-7-9-12-17/h7-9,11-12,15H,5-6,10,13-14H2,1-4H3. The molecule has 0 spiro atoms. The Bertz CT molecular complexity index is 527. The third-order valence-electron chi connectivity index (χ3n) is 3.35. The van der Waals surface area contributed by atoms with Crippen molar-refractivity contribution < 1.29 is 23.2 Å². The highest BCUT2D eigenvalue weighted by Gasteiger charge is 2.24. The fraction of sp³-hybridized carbons (Fsp3) is 0.588. The van der Waals surface area contributed by atoms with Gasteiger partial charge in [-0.15, -0.1) is 0 Å². The number of hydrogen-bond acceptors (Lipinski definition) is 5. The summed E-state index contributed by atoms with van der Waals surface area (Å²) in [7, 11) is -3.09. The molecular weight excluding hydrogens is 329 g/mol. The molecule has 1 unspecified atom stereocenters. The lowest BCUT2D eigenvalue weighted by Gasteiger charge is -2.25. The van der Waals surface area contributed by atoms with E-state index in [0.717, 1.165) is 5.56 Å². The van der Waals surface area contributed by atoms with Gasteiger partial charge in [-0.25, -0.2) is 5.06 Å². The highest BCUT2D eigenvalue weighted by molar-refractivity contribution is 7.53. The zero-order chi connectivity index (χ0) is 18.0. The number of benzene rings is 1. The van der Waals surface area contributed by atoms with Gasteiger partial charge in [-0.05, 0) is 32.8 Å². The minimum Gasteiger partial charge on any atom is -0.309 e. The average Bonchev–Trinajstić information content (AvgIpc) is 2.55. The first-order valence-corrected chi connectivity index (χ1v) is 10.0. The average molecular weight is 357 g/mol. The second-order valence-electron chi connectivity index (χ2n) is 5.30. The topological polar surface area (TPSA) is 65.1 Å². The van der Waals surface area contributed by atoms with Crippen LogP contribution in [0.4, 0.5) is 0 Å². The number of rotatable bonds is 11. The fourth-order valence-electron chi connectivity index (χ4n) is 2.23. The minimum atomic E-state index is -3.09. The Morgan fingerprint density at radius 2 is 1.75 bits per heavy atom. The molecule has 6 nitrogen and oxygen atoms in total. The lowest BCUT2D eigenvalue weighted by molar-refractivity contribution is -0.203. The molecule has 0 heterocycles. The van der Waals surface area contributed by atoms with Crippen LogP contribution in [0.3, 0.4) is 0 Å². The first kappa shape index (κ1) is 20.8. The van der Waals surface area contributed by atoms with Gasteiger partial charge in [0.1, 0.15) is 6.10 Å². The summed E-state index contributed by atoms with van der Waals surface area (Å²) in [6, 6.07) is 9.67. The Morgan fingerprint density at radius 1 is 1.17 bits per heavy atom. The number of hydroxylamine groups is 2. The largest absolute Gasteiger partial charge is 0.330 e. The number of carbonyl (C=O) groups is 1. The summed E-state index contributed by atoms with van der Waals surface area (Å²) in [4.78, 5) is 17.5. The molecule has 0 aliphatic carbocycles. The van der Waals surface area contributed by atoms with Crippen molar-refractivity contribution in [3.8, 4) is 0 Å². The molecule has 0 aliphatic rings. The second-order valence-corrected chi connectivity index (χ2v) is 7.49. The normalized spacial score (nSPS) is 12.8. The van der Waals surface area contributed by atoms with E-state index in [1.165, 1.54) is 12.0 Å². The molecular formula is C17H28NO5P. The van der Waals surface area contributed by atoms with Gasteiger partial charge in [0.05, 0.1) is 19.4 Å². The predicted octanol–water partition coefficient (Wildman–Crippen LogP) is 4.18. The Labute approximate surface area is 144 Å². The van der Waals surface area contributed by atoms with Gasteiger partial charge in [0.15, 0.2) is 0 Å². The van der Waals surface area contributed by atoms with Crippen molar-refractivity contribution in [3.05, 3.63) is 35.9 Å². The number of carbonyl (C=O) groups excluding carboxylic acids is 1. The zero-order valence-electron chi connectivity index (χ0n) is 14.9. The van der Waals surface area contributed by atoms with Crippen LogP contribution in [0.1, 0.15) is 45.8 Å². The summed E-state index contributed by atoms with van der Waals surface area (Å²) < 4.78 is 22.9. The molecule has 1 aromatic carbocycles. The van der Waals surface area contributed by atoms with E-state index in [1.54, 1.807) is 13.8 Å². The highest BCUT2D eigenvalue weighted by atomic mass is 31.2. The van der Waals surface area contributed by atoms with Crippen LogP contribution in [0.25, 0.3) is 0 Å². The van der Waals surface area contributed by atoms with E-state index in [-0.39, 0.29) is 18.2 Å². The van der Waals surface area contributed by atoms with E-state index in [0.29, 0.717) is 26.2 Å². The van der Waals surface area contributed by atoms with Gasteiger partial charge in [0.25, 0.3) is 0 Å². The van der Waals surface area contributed by atoms with Crippen LogP contribution in [0.2, 0.25) is 0 Å². The Hall–Kier alpha value is -1.20. The molecule has 0 radical (unpaired) electrons. The molecule has 0 saturated carbocycles. The SMILES string of the molecule is CCOP(=O)(CCCN(OC(C)c1ccccc1)C(C)=O)OCC. The van der Waals surface area contributed by atoms with E-state index >= 15 is 0 Å². The van der Waals surface area contributed by atoms with Crippen molar-refractivity contribution in [3.63, 3.8) is 0 Å². The summed E-state index contributed by atoms with van der Waals surface area (Å²) in [6.45, 7) is 7.87. The molecule has 1 atom stereocenters. The fourth-order valence-corrected chi connectivity index (χ4v) is 3.88. The Kier molecular flexibility index (Phi) is 9.22. The molecule has 0 bridgehead atoms. The Balaban J connectivity index is 2.57. The highest BCUT2D eigenvalue weighted by Crippen LogP contribution is 2.48. The second kappa shape index (κ2) is 10.6. The van der Waals surface area contributed by atoms with Crippen molar-refractivity contribution in [1.82, 2.24) is 5.06 Å². The molecule has 0 saturated heterocycles. The van der Waals surface area contributed by atoms with Gasteiger partial charge < -0.3 is 9.05 Å². The van der Waals surface area contributed by atoms with Gasteiger partial charge in [0, 0.05) is 13.5 Å². The molecule has 7 heteroatoms. The first-order valence-electron chi connectivity index (χ1n) is 8.29. The van der Waals surface area contributed by atoms with Crippen LogP contribution in [0.15, 0.2) is 30.3 Å². The van der Waals surface area contributed by atoms with E-state index in [1.807, 2.05) is 37.3 Å². The van der Waals surface area contributed by atoms with Gasteiger partial charge >= 0.3 is 7.60 Å². The molecule has 0 aromatic heterocycles. The molecule has 0 aliphatic heterocycles. The summed E-state index contributed by atoms with van der Waals surface area (Å²) in [5, 5.41) is 1.31. The van der Waals surface area contributed by atoms with Crippen LogP contribution in [0, 0.1) is 0 Å². The number of nitrogens with zero attached hydrogens (tertiary/aromatic N) is 1. The molecule has 1 amide bonds. The van der Waals surface area contributed by atoms with Gasteiger partial charge in [0.2, 0.25) is 5.91 Å². The van der Waals surface area contributed by atoms with E-state index in [4.69, 9.17) is 13.9 Å². The number of hydrogen-bond donors (Lipinski definition) is 0. The van der Waals surface area contributed by atoms with Crippen LogP contribution in [-0.2, 0) is 23.2 Å². The maximum absolute atomic E-state index is 12.4. The molecule has 0 fully saturated rings. The minimum absolute atomic E-state index is 0.194. The zero-order valence-corrected chi connectivity index (χ0v) is 15.8. The van der Waals surface area contributed by atoms with E-state index < -0.39 is 7.60 Å². The molecule has 1 rings (SSSR count). The van der Waals surface area contributed by atoms with E-state index in [2.05, 4.69) is 0 Å². The molecule has 136 valence electrons. The van der Waals surface area contributed by atoms with Crippen molar-refractivity contribution in [2.24, 2.45) is 0 Å². The molecule has 24 heavy (non-hydrogen) atoms. The molecule has 1 aromatic rings. The van der Waals surface area contributed by atoms with Gasteiger partial charge in [-0.2, -0.15) is 0 Å². The van der Waals surface area contributed by atoms with Crippen molar-refractivity contribution in [2.45, 2.75) is 40.2 Å². The predicted molar refractivity (Wildman–Crippen MR) is 93.7 cm³/mol.